The standard InChI is InChI=1S/C18H36N4O2/c1-18(2,3)24-17(23)22-9-5-16(6-10-22)15-21-13-11-20(12-14-21)8-4-7-19/h16H,4-15,19H2,1-3H3. The molecule has 6 nitrogen and oxygen atoms in total. The van der Waals surface area contributed by atoms with E-state index in [1.807, 2.05) is 25.7 Å². The van der Waals surface area contributed by atoms with E-state index in [2.05, 4.69) is 9.80 Å². The van der Waals surface area contributed by atoms with Gasteiger partial charge in [0.1, 0.15) is 5.60 Å². The molecular weight excluding hydrogens is 304 g/mol. The second-order valence-electron chi connectivity index (χ2n) is 8.20. The van der Waals surface area contributed by atoms with Gasteiger partial charge in [0, 0.05) is 45.8 Å². The molecule has 2 aliphatic rings. The summed E-state index contributed by atoms with van der Waals surface area (Å²) in [5.74, 6) is 0.708. The van der Waals surface area contributed by atoms with Crippen LogP contribution >= 0.6 is 0 Å². The van der Waals surface area contributed by atoms with E-state index in [4.69, 9.17) is 10.5 Å². The van der Waals surface area contributed by atoms with Crippen LogP contribution < -0.4 is 5.73 Å². The van der Waals surface area contributed by atoms with Crippen molar-refractivity contribution in [3.05, 3.63) is 0 Å². The lowest BCUT2D eigenvalue weighted by Crippen LogP contribution is -2.49. The SMILES string of the molecule is CC(C)(C)OC(=O)N1CCC(CN2CCN(CCCN)CC2)CC1. The minimum atomic E-state index is -0.405. The molecule has 0 unspecified atom stereocenters. The molecule has 2 N–H and O–H groups in total. The largest absolute Gasteiger partial charge is 0.444 e. The lowest BCUT2D eigenvalue weighted by Gasteiger charge is -2.39. The average Bonchev–Trinajstić information content (AvgIpc) is 2.53. The maximum Gasteiger partial charge on any atom is 0.410 e. The summed E-state index contributed by atoms with van der Waals surface area (Å²) >= 11 is 0. The van der Waals surface area contributed by atoms with E-state index in [9.17, 15) is 4.79 Å². The highest BCUT2D eigenvalue weighted by atomic mass is 16.6. The lowest BCUT2D eigenvalue weighted by atomic mass is 9.96. The van der Waals surface area contributed by atoms with Crippen molar-refractivity contribution in [1.29, 1.82) is 0 Å². The number of likely N-dealkylation sites (tertiary alicyclic amines) is 1. The van der Waals surface area contributed by atoms with Crippen LogP contribution in [0.2, 0.25) is 0 Å². The summed E-state index contributed by atoms with van der Waals surface area (Å²) < 4.78 is 5.47. The minimum absolute atomic E-state index is 0.158. The predicted octanol–water partition coefficient (Wildman–Crippen LogP) is 1.60. The molecule has 2 heterocycles. The van der Waals surface area contributed by atoms with E-state index in [-0.39, 0.29) is 6.09 Å². The van der Waals surface area contributed by atoms with Crippen molar-refractivity contribution in [3.8, 4) is 0 Å². The van der Waals surface area contributed by atoms with E-state index < -0.39 is 5.60 Å². The van der Waals surface area contributed by atoms with Crippen molar-refractivity contribution in [2.45, 2.75) is 45.6 Å². The van der Waals surface area contributed by atoms with Crippen molar-refractivity contribution < 1.29 is 9.53 Å². The fraction of sp³-hybridized carbons (Fsp3) is 0.944. The molecule has 2 aliphatic heterocycles. The summed E-state index contributed by atoms with van der Waals surface area (Å²) in [6, 6.07) is 0. The Morgan fingerprint density at radius 1 is 1.04 bits per heavy atom. The molecule has 0 radical (unpaired) electrons. The van der Waals surface area contributed by atoms with Crippen LogP contribution in [0.1, 0.15) is 40.0 Å². The Hall–Kier alpha value is -0.850. The van der Waals surface area contributed by atoms with Crippen LogP contribution in [0.5, 0.6) is 0 Å². The molecule has 2 rings (SSSR count). The van der Waals surface area contributed by atoms with Gasteiger partial charge in [-0.05, 0) is 59.0 Å². The number of piperidine rings is 1. The Morgan fingerprint density at radius 2 is 1.62 bits per heavy atom. The number of carbonyl (C=O) groups is 1. The highest BCUT2D eigenvalue weighted by Crippen LogP contribution is 2.21. The van der Waals surface area contributed by atoms with Crippen molar-refractivity contribution in [1.82, 2.24) is 14.7 Å². The third kappa shape index (κ3) is 6.57. The van der Waals surface area contributed by atoms with Gasteiger partial charge < -0.3 is 25.2 Å². The summed E-state index contributed by atoms with van der Waals surface area (Å²) in [5.41, 5.74) is 5.18. The Balaban J connectivity index is 1.64. The zero-order valence-electron chi connectivity index (χ0n) is 15.8. The number of hydrogen-bond acceptors (Lipinski definition) is 5. The maximum atomic E-state index is 12.1. The Kier molecular flexibility index (Phi) is 7.32. The molecular formula is C18H36N4O2. The molecule has 0 aliphatic carbocycles. The molecule has 0 aromatic carbocycles. The quantitative estimate of drug-likeness (QED) is 0.824. The number of nitrogens with zero attached hydrogens (tertiary/aromatic N) is 3. The molecule has 2 saturated heterocycles. The van der Waals surface area contributed by atoms with Gasteiger partial charge in [-0.25, -0.2) is 4.79 Å². The van der Waals surface area contributed by atoms with Crippen LogP contribution in [0.25, 0.3) is 0 Å². The molecule has 24 heavy (non-hydrogen) atoms. The fourth-order valence-corrected chi connectivity index (χ4v) is 3.50. The van der Waals surface area contributed by atoms with Crippen LogP contribution in [-0.2, 0) is 4.74 Å². The summed E-state index contributed by atoms with van der Waals surface area (Å²) in [4.78, 5) is 19.1. The van der Waals surface area contributed by atoms with Gasteiger partial charge in [0.2, 0.25) is 0 Å². The van der Waals surface area contributed by atoms with Gasteiger partial charge in [-0.2, -0.15) is 0 Å². The topological polar surface area (TPSA) is 62.0 Å². The normalized spacial score (nSPS) is 21.9. The summed E-state index contributed by atoms with van der Waals surface area (Å²) in [7, 11) is 0. The molecule has 0 aromatic heterocycles. The first kappa shape index (κ1) is 19.5. The lowest BCUT2D eigenvalue weighted by molar-refractivity contribution is 0.0160. The van der Waals surface area contributed by atoms with Gasteiger partial charge >= 0.3 is 6.09 Å². The number of amides is 1. The molecule has 0 atom stereocenters. The van der Waals surface area contributed by atoms with Gasteiger partial charge in [-0.3, -0.25) is 0 Å². The fourth-order valence-electron chi connectivity index (χ4n) is 3.50. The Morgan fingerprint density at radius 3 is 2.17 bits per heavy atom. The predicted molar refractivity (Wildman–Crippen MR) is 97.1 cm³/mol. The number of hydrogen-bond donors (Lipinski definition) is 1. The van der Waals surface area contributed by atoms with Gasteiger partial charge in [0.05, 0.1) is 0 Å². The highest BCUT2D eigenvalue weighted by molar-refractivity contribution is 5.68. The maximum absolute atomic E-state index is 12.1. The zero-order valence-corrected chi connectivity index (χ0v) is 15.8. The number of carbonyl (C=O) groups excluding carboxylic acids is 1. The van der Waals surface area contributed by atoms with Gasteiger partial charge in [0.15, 0.2) is 0 Å². The Bertz CT molecular complexity index is 381. The van der Waals surface area contributed by atoms with E-state index in [0.717, 1.165) is 71.6 Å². The molecule has 0 saturated carbocycles. The van der Waals surface area contributed by atoms with Crippen LogP contribution in [0, 0.1) is 5.92 Å². The molecule has 0 aromatic rings. The number of ether oxygens (including phenoxy) is 1. The van der Waals surface area contributed by atoms with E-state index in [0.29, 0.717) is 5.92 Å². The molecule has 2 fully saturated rings. The molecule has 0 bridgehead atoms. The smallest absolute Gasteiger partial charge is 0.410 e. The number of piperazine rings is 1. The minimum Gasteiger partial charge on any atom is -0.444 e. The van der Waals surface area contributed by atoms with Crippen LogP contribution in [0.3, 0.4) is 0 Å². The van der Waals surface area contributed by atoms with Crippen molar-refractivity contribution in [2.24, 2.45) is 11.7 Å². The van der Waals surface area contributed by atoms with E-state index in [1.165, 1.54) is 6.54 Å². The third-order valence-electron chi connectivity index (χ3n) is 4.93. The number of nitrogens with two attached hydrogens (primary N) is 1. The van der Waals surface area contributed by atoms with Gasteiger partial charge in [-0.15, -0.1) is 0 Å². The monoisotopic (exact) mass is 340 g/mol. The van der Waals surface area contributed by atoms with E-state index >= 15 is 0 Å². The second kappa shape index (κ2) is 9.02. The second-order valence-corrected chi connectivity index (χ2v) is 8.20. The van der Waals surface area contributed by atoms with Gasteiger partial charge in [0.25, 0.3) is 0 Å². The molecule has 1 amide bonds. The third-order valence-corrected chi connectivity index (χ3v) is 4.93. The van der Waals surface area contributed by atoms with Crippen molar-refractivity contribution >= 4 is 6.09 Å². The first-order valence-electron chi connectivity index (χ1n) is 9.50. The summed E-state index contributed by atoms with van der Waals surface area (Å²) in [6.07, 6.45) is 3.12. The van der Waals surface area contributed by atoms with Crippen molar-refractivity contribution in [3.63, 3.8) is 0 Å². The highest BCUT2D eigenvalue weighted by Gasteiger charge is 2.28. The molecule has 6 heteroatoms. The van der Waals surface area contributed by atoms with E-state index in [1.54, 1.807) is 0 Å². The first-order chi connectivity index (χ1) is 11.4. The zero-order chi connectivity index (χ0) is 17.6. The number of rotatable bonds is 5. The van der Waals surface area contributed by atoms with Crippen LogP contribution in [-0.4, -0.2) is 85.3 Å². The first-order valence-corrected chi connectivity index (χ1v) is 9.50. The Labute approximate surface area is 147 Å². The average molecular weight is 341 g/mol. The van der Waals surface area contributed by atoms with Crippen LogP contribution in [0.4, 0.5) is 4.79 Å². The molecule has 0 spiro atoms. The molecule has 140 valence electrons. The summed E-state index contributed by atoms with van der Waals surface area (Å²) in [5, 5.41) is 0. The summed E-state index contributed by atoms with van der Waals surface area (Å²) in [6.45, 7) is 15.2. The van der Waals surface area contributed by atoms with Crippen LogP contribution in [0.15, 0.2) is 0 Å². The van der Waals surface area contributed by atoms with Crippen molar-refractivity contribution in [2.75, 3.05) is 58.9 Å². The van der Waals surface area contributed by atoms with Gasteiger partial charge in [-0.1, -0.05) is 0 Å².